The Bertz CT molecular complexity index is 1190. The van der Waals surface area contributed by atoms with Crippen LogP contribution in [0.5, 0.6) is 0 Å². The van der Waals surface area contributed by atoms with Crippen LogP contribution in [0, 0.1) is 0 Å². The lowest BCUT2D eigenvalue weighted by Crippen LogP contribution is -2.43. The number of amides is 1. The van der Waals surface area contributed by atoms with Gasteiger partial charge in [-0.05, 0) is 77.2 Å². The van der Waals surface area contributed by atoms with Gasteiger partial charge in [-0.25, -0.2) is 14.2 Å². The van der Waals surface area contributed by atoms with Crippen LogP contribution in [0.3, 0.4) is 0 Å². The second kappa shape index (κ2) is 15.8. The normalized spacial score (nSPS) is 20.3. The van der Waals surface area contributed by atoms with Gasteiger partial charge in [0.25, 0.3) is 5.91 Å². The number of carboxylic acid groups (broad SMARTS) is 1. The molecule has 43 heavy (non-hydrogen) atoms. The Balaban J connectivity index is 0.000000646. The number of aliphatic hydroxyl groups excluding tert-OH is 1. The Morgan fingerprint density at radius 3 is 2.26 bits per heavy atom. The number of aromatic nitrogens is 3. The molecule has 2 aliphatic rings. The zero-order valence-corrected chi connectivity index (χ0v) is 24.2. The van der Waals surface area contributed by atoms with Crippen LogP contribution in [-0.4, -0.2) is 99.2 Å². The molecule has 1 aliphatic carbocycles. The number of rotatable bonds is 9. The van der Waals surface area contributed by atoms with E-state index in [1.807, 2.05) is 0 Å². The first-order valence-electron chi connectivity index (χ1n) is 14.3. The van der Waals surface area contributed by atoms with Gasteiger partial charge >= 0.3 is 12.1 Å². The molecule has 11 nitrogen and oxygen atoms in total. The summed E-state index contributed by atoms with van der Waals surface area (Å²) >= 11 is 0. The third-order valence-electron chi connectivity index (χ3n) is 7.35. The Morgan fingerprint density at radius 1 is 1.05 bits per heavy atom. The molecule has 3 heterocycles. The highest BCUT2D eigenvalue weighted by molar-refractivity contribution is 5.94. The number of carboxylic acids is 1. The molecule has 5 N–H and O–H groups in total. The van der Waals surface area contributed by atoms with Gasteiger partial charge < -0.3 is 31.1 Å². The van der Waals surface area contributed by atoms with Crippen molar-refractivity contribution in [2.45, 2.75) is 82.4 Å². The molecule has 0 aromatic carbocycles. The van der Waals surface area contributed by atoms with Crippen molar-refractivity contribution in [2.75, 3.05) is 37.3 Å². The summed E-state index contributed by atoms with van der Waals surface area (Å²) < 4.78 is 45.5. The van der Waals surface area contributed by atoms with Crippen LogP contribution >= 0.6 is 0 Å². The molecule has 1 aliphatic heterocycles. The molecule has 1 amide bonds. The molecule has 1 saturated heterocycles. The third kappa shape index (κ3) is 10.9. The van der Waals surface area contributed by atoms with E-state index in [0.717, 1.165) is 51.6 Å². The van der Waals surface area contributed by atoms with Gasteiger partial charge in [0.05, 0.1) is 22.9 Å². The number of hydrogen-bond acceptors (Lipinski definition) is 9. The molecule has 2 aromatic rings. The number of pyridine rings is 1. The van der Waals surface area contributed by atoms with E-state index in [9.17, 15) is 27.5 Å². The number of aliphatic hydroxyl groups is 1. The van der Waals surface area contributed by atoms with Gasteiger partial charge in [-0.1, -0.05) is 6.92 Å². The predicted octanol–water partition coefficient (Wildman–Crippen LogP) is 3.87. The van der Waals surface area contributed by atoms with Gasteiger partial charge in [-0.15, -0.1) is 0 Å². The number of hydrogen-bond donors (Lipinski definition) is 5. The Kier molecular flexibility index (Phi) is 12.4. The van der Waals surface area contributed by atoms with Crippen LogP contribution in [0.1, 0.15) is 62.2 Å². The maximum atomic E-state index is 13.7. The molecule has 238 valence electrons. The summed E-state index contributed by atoms with van der Waals surface area (Å²) in [5, 5.41) is 26.6. The fraction of sp³-hybridized carbons (Fsp3) is 0.607. The number of alkyl halides is 4. The topological polar surface area (TPSA) is 153 Å². The van der Waals surface area contributed by atoms with Crippen LogP contribution in [0.2, 0.25) is 0 Å². The lowest BCUT2D eigenvalue weighted by molar-refractivity contribution is -0.192. The van der Waals surface area contributed by atoms with E-state index >= 15 is 0 Å². The van der Waals surface area contributed by atoms with Crippen LogP contribution in [-0.2, 0) is 4.79 Å². The van der Waals surface area contributed by atoms with E-state index < -0.39 is 18.3 Å². The Labute approximate surface area is 247 Å². The van der Waals surface area contributed by atoms with Crippen molar-refractivity contribution in [3.63, 3.8) is 0 Å². The first kappa shape index (κ1) is 33.9. The van der Waals surface area contributed by atoms with E-state index in [4.69, 9.17) is 9.90 Å². The lowest BCUT2D eigenvalue weighted by Gasteiger charge is -2.29. The Morgan fingerprint density at radius 2 is 1.70 bits per heavy atom. The highest BCUT2D eigenvalue weighted by Crippen LogP contribution is 2.29. The Hall–Kier alpha value is -3.59. The fourth-order valence-electron chi connectivity index (χ4n) is 4.63. The van der Waals surface area contributed by atoms with Gasteiger partial charge in [-0.2, -0.15) is 18.2 Å². The minimum atomic E-state index is -5.08. The molecular formula is C28H39F4N7O4. The number of piperidine rings is 1. The van der Waals surface area contributed by atoms with Gasteiger partial charge in [0, 0.05) is 31.0 Å². The number of carbonyl (C=O) groups excluding carboxylic acids is 1. The van der Waals surface area contributed by atoms with Crippen LogP contribution in [0.4, 0.5) is 29.3 Å². The van der Waals surface area contributed by atoms with Gasteiger partial charge in [-0.3, -0.25) is 9.78 Å². The smallest absolute Gasteiger partial charge is 0.475 e. The van der Waals surface area contributed by atoms with Gasteiger partial charge in [0.15, 0.2) is 0 Å². The summed E-state index contributed by atoms with van der Waals surface area (Å²) in [6, 6.07) is 3.93. The molecule has 0 bridgehead atoms. The van der Waals surface area contributed by atoms with E-state index in [1.54, 1.807) is 31.5 Å². The highest BCUT2D eigenvalue weighted by atomic mass is 19.4. The van der Waals surface area contributed by atoms with Crippen LogP contribution < -0.4 is 16.0 Å². The first-order valence-corrected chi connectivity index (χ1v) is 14.3. The number of anilines is 2. The molecule has 0 unspecified atom stereocenters. The molecule has 0 spiro atoms. The standard InChI is InChI=1S/C26H38FN7O2.C2HF3O2/c1-3-18(27)15-29-26-30-16-22(24(33-26)31-19-5-7-21(35)8-6-19)23-9-4-17(14-28-23)25(36)32-20-10-12-34(2)13-11-20;3-2(4,5)1(6)7/h4,9,14,16,18-21,35H,3,5-8,10-13,15H2,1-2H3,(H,32,36)(H2,29,30,31,33);(H,6,7)/t18-,19?,21?;/m0./s1. The zero-order valence-electron chi connectivity index (χ0n) is 24.2. The minimum absolute atomic E-state index is 0.116. The van der Waals surface area contributed by atoms with Gasteiger partial charge in [0.1, 0.15) is 12.0 Å². The fourth-order valence-corrected chi connectivity index (χ4v) is 4.63. The maximum Gasteiger partial charge on any atom is 0.490 e. The third-order valence-corrected chi connectivity index (χ3v) is 7.35. The van der Waals surface area contributed by atoms with Crippen molar-refractivity contribution in [2.24, 2.45) is 0 Å². The van der Waals surface area contributed by atoms with Crippen LogP contribution in [0.15, 0.2) is 24.5 Å². The largest absolute Gasteiger partial charge is 0.490 e. The number of aliphatic carboxylic acids is 1. The first-order chi connectivity index (χ1) is 20.3. The van der Waals surface area contributed by atoms with Crippen molar-refractivity contribution in [1.29, 1.82) is 0 Å². The summed E-state index contributed by atoms with van der Waals surface area (Å²) in [7, 11) is 2.09. The van der Waals surface area contributed by atoms with Crippen molar-refractivity contribution >= 4 is 23.6 Å². The van der Waals surface area contributed by atoms with E-state index in [0.29, 0.717) is 35.0 Å². The average molecular weight is 614 g/mol. The lowest BCUT2D eigenvalue weighted by atomic mass is 9.93. The number of halogens is 4. The number of carbonyl (C=O) groups is 2. The predicted molar refractivity (Wildman–Crippen MR) is 153 cm³/mol. The van der Waals surface area contributed by atoms with Crippen molar-refractivity contribution < 1.29 is 37.4 Å². The molecule has 0 radical (unpaired) electrons. The van der Waals surface area contributed by atoms with E-state index in [-0.39, 0.29) is 30.6 Å². The van der Waals surface area contributed by atoms with Gasteiger partial charge in [0.2, 0.25) is 5.95 Å². The molecule has 4 rings (SSSR count). The van der Waals surface area contributed by atoms with E-state index in [2.05, 4.69) is 42.8 Å². The molecule has 1 atom stereocenters. The summed E-state index contributed by atoms with van der Waals surface area (Å²) in [5.74, 6) is -1.91. The number of nitrogens with one attached hydrogen (secondary N) is 3. The maximum absolute atomic E-state index is 13.7. The summed E-state index contributed by atoms with van der Waals surface area (Å²) in [5.41, 5.74) is 1.87. The van der Waals surface area contributed by atoms with Crippen molar-refractivity contribution in [3.05, 3.63) is 30.1 Å². The quantitative estimate of drug-likeness (QED) is 0.264. The summed E-state index contributed by atoms with van der Waals surface area (Å²) in [6.45, 7) is 3.90. The number of nitrogens with zero attached hydrogens (tertiary/aromatic N) is 4. The number of likely N-dealkylation sites (tertiary alicyclic amines) is 1. The monoisotopic (exact) mass is 613 g/mol. The minimum Gasteiger partial charge on any atom is -0.475 e. The van der Waals surface area contributed by atoms with Crippen molar-refractivity contribution in [1.82, 2.24) is 25.2 Å². The van der Waals surface area contributed by atoms with Crippen LogP contribution in [0.25, 0.3) is 11.3 Å². The van der Waals surface area contributed by atoms with Crippen molar-refractivity contribution in [3.8, 4) is 11.3 Å². The average Bonchev–Trinajstić information content (AvgIpc) is 2.98. The second-order valence-electron chi connectivity index (χ2n) is 10.8. The summed E-state index contributed by atoms with van der Waals surface area (Å²) in [6.07, 6.45) is 2.40. The molecule has 2 aromatic heterocycles. The SMILES string of the molecule is CC[C@H](F)CNc1ncc(-c2ccc(C(=O)NC3CCN(C)CC3)cn2)c(NC2CCC(O)CC2)n1.O=C(O)C(F)(F)F. The molecule has 2 fully saturated rings. The molecule has 1 saturated carbocycles. The summed E-state index contributed by atoms with van der Waals surface area (Å²) in [4.78, 5) is 37.4. The second-order valence-corrected chi connectivity index (χ2v) is 10.8. The molecular weight excluding hydrogens is 574 g/mol. The highest BCUT2D eigenvalue weighted by Gasteiger charge is 2.38. The molecule has 15 heteroatoms. The van der Waals surface area contributed by atoms with E-state index in [1.165, 1.54) is 0 Å². The zero-order chi connectivity index (χ0) is 31.6.